The highest BCUT2D eigenvalue weighted by atomic mass is 16.6. The van der Waals surface area contributed by atoms with Gasteiger partial charge < -0.3 is 20.5 Å². The molecule has 22 heavy (non-hydrogen) atoms. The van der Waals surface area contributed by atoms with Crippen LogP contribution < -0.4 is 10.6 Å². The Kier molecular flexibility index (Phi) is 8.18. The molecule has 5 nitrogen and oxygen atoms in total. The second-order valence-corrected chi connectivity index (χ2v) is 7.43. The highest BCUT2D eigenvalue weighted by Gasteiger charge is 2.27. The second-order valence-electron chi connectivity index (χ2n) is 7.43. The fourth-order valence-corrected chi connectivity index (χ4v) is 3.04. The van der Waals surface area contributed by atoms with Crippen molar-refractivity contribution in [2.24, 2.45) is 5.92 Å². The molecule has 1 aliphatic carbocycles. The minimum atomic E-state index is -0.446. The summed E-state index contributed by atoms with van der Waals surface area (Å²) in [6, 6.07) is 0.660. The van der Waals surface area contributed by atoms with Crippen molar-refractivity contribution in [1.82, 2.24) is 10.6 Å². The standard InChI is InChI=1S/C17H34N2O3/c1-5-6-13(9-10-20)12-18-14-7-8-15(11-14)19-16(21)22-17(2,3)4/h13-15,18,20H,5-12H2,1-4H3,(H,19,21). The van der Waals surface area contributed by atoms with Gasteiger partial charge in [0.15, 0.2) is 0 Å². The first-order valence-electron chi connectivity index (χ1n) is 8.67. The van der Waals surface area contributed by atoms with E-state index >= 15 is 0 Å². The number of ether oxygens (including phenoxy) is 1. The molecule has 1 saturated carbocycles. The summed E-state index contributed by atoms with van der Waals surface area (Å²) in [5, 5.41) is 15.7. The van der Waals surface area contributed by atoms with Crippen molar-refractivity contribution in [3.8, 4) is 0 Å². The number of nitrogens with one attached hydrogen (secondary N) is 2. The summed E-state index contributed by atoms with van der Waals surface area (Å²) in [6.07, 6.45) is 5.89. The third kappa shape index (κ3) is 7.99. The molecule has 3 atom stereocenters. The van der Waals surface area contributed by atoms with Crippen LogP contribution in [0.5, 0.6) is 0 Å². The summed E-state index contributed by atoms with van der Waals surface area (Å²) in [4.78, 5) is 11.8. The molecule has 0 radical (unpaired) electrons. The second kappa shape index (κ2) is 9.36. The van der Waals surface area contributed by atoms with Gasteiger partial charge in [-0.2, -0.15) is 0 Å². The van der Waals surface area contributed by atoms with Crippen molar-refractivity contribution < 1.29 is 14.6 Å². The van der Waals surface area contributed by atoms with Gasteiger partial charge in [0.25, 0.3) is 0 Å². The van der Waals surface area contributed by atoms with Crippen LogP contribution in [-0.2, 0) is 4.74 Å². The lowest BCUT2D eigenvalue weighted by atomic mass is 10.00. The first-order chi connectivity index (χ1) is 10.3. The number of hydrogen-bond donors (Lipinski definition) is 3. The van der Waals surface area contributed by atoms with E-state index in [1.807, 2.05) is 20.8 Å². The maximum Gasteiger partial charge on any atom is 0.407 e. The molecule has 0 aromatic heterocycles. The average molecular weight is 314 g/mol. The van der Waals surface area contributed by atoms with Crippen LogP contribution in [0.25, 0.3) is 0 Å². The molecule has 1 aliphatic rings. The molecule has 130 valence electrons. The molecule has 5 heteroatoms. The van der Waals surface area contributed by atoms with E-state index in [0.717, 1.165) is 45.1 Å². The van der Waals surface area contributed by atoms with E-state index in [1.165, 1.54) is 0 Å². The Labute approximate surface area is 135 Å². The van der Waals surface area contributed by atoms with Crippen LogP contribution in [-0.4, -0.2) is 42.0 Å². The van der Waals surface area contributed by atoms with Gasteiger partial charge >= 0.3 is 6.09 Å². The van der Waals surface area contributed by atoms with E-state index < -0.39 is 5.60 Å². The monoisotopic (exact) mass is 314 g/mol. The zero-order valence-electron chi connectivity index (χ0n) is 14.7. The van der Waals surface area contributed by atoms with Gasteiger partial charge in [0, 0.05) is 18.7 Å². The molecule has 3 unspecified atom stereocenters. The van der Waals surface area contributed by atoms with Gasteiger partial charge in [-0.25, -0.2) is 4.79 Å². The molecular formula is C17H34N2O3. The number of hydrogen-bond acceptors (Lipinski definition) is 4. The van der Waals surface area contributed by atoms with Crippen LogP contribution in [0.1, 0.15) is 66.2 Å². The zero-order chi connectivity index (χ0) is 16.6. The molecule has 0 spiro atoms. The van der Waals surface area contributed by atoms with Gasteiger partial charge in [0.1, 0.15) is 5.60 Å². The number of carbonyl (C=O) groups excluding carboxylic acids is 1. The molecule has 0 aromatic carbocycles. The quantitative estimate of drug-likeness (QED) is 0.644. The fourth-order valence-electron chi connectivity index (χ4n) is 3.04. The van der Waals surface area contributed by atoms with Crippen molar-refractivity contribution in [1.29, 1.82) is 0 Å². The molecule has 0 saturated heterocycles. The van der Waals surface area contributed by atoms with Crippen molar-refractivity contribution >= 4 is 6.09 Å². The van der Waals surface area contributed by atoms with E-state index in [0.29, 0.717) is 12.0 Å². The minimum Gasteiger partial charge on any atom is -0.444 e. The SMILES string of the molecule is CCCC(CCO)CNC1CCC(NC(=O)OC(C)(C)C)C1. The molecule has 0 bridgehead atoms. The first-order valence-corrected chi connectivity index (χ1v) is 8.67. The summed E-state index contributed by atoms with van der Waals surface area (Å²) in [7, 11) is 0. The van der Waals surface area contributed by atoms with Crippen LogP contribution in [0.2, 0.25) is 0 Å². The summed E-state index contributed by atoms with van der Waals surface area (Å²) < 4.78 is 5.30. The molecular weight excluding hydrogens is 280 g/mol. The Morgan fingerprint density at radius 3 is 2.55 bits per heavy atom. The van der Waals surface area contributed by atoms with Crippen LogP contribution >= 0.6 is 0 Å². The van der Waals surface area contributed by atoms with Crippen LogP contribution in [0.15, 0.2) is 0 Å². The zero-order valence-corrected chi connectivity index (χ0v) is 14.7. The van der Waals surface area contributed by atoms with E-state index in [9.17, 15) is 4.79 Å². The molecule has 0 aliphatic heterocycles. The average Bonchev–Trinajstić information content (AvgIpc) is 2.81. The predicted molar refractivity (Wildman–Crippen MR) is 88.9 cm³/mol. The summed E-state index contributed by atoms with van der Waals surface area (Å²) in [6.45, 7) is 9.03. The summed E-state index contributed by atoms with van der Waals surface area (Å²) in [5.74, 6) is 0.549. The number of carbonyl (C=O) groups is 1. The normalized spacial score (nSPS) is 23.3. The van der Waals surface area contributed by atoms with Crippen LogP contribution in [0.4, 0.5) is 4.79 Å². The van der Waals surface area contributed by atoms with Crippen molar-refractivity contribution in [2.45, 2.75) is 83.9 Å². The first kappa shape index (κ1) is 19.2. The highest BCUT2D eigenvalue weighted by molar-refractivity contribution is 5.68. The molecule has 0 heterocycles. The third-order valence-corrected chi connectivity index (χ3v) is 4.08. The predicted octanol–water partition coefficient (Wildman–Crippen LogP) is 2.82. The van der Waals surface area contributed by atoms with Gasteiger partial charge in [-0.1, -0.05) is 13.3 Å². The van der Waals surface area contributed by atoms with Gasteiger partial charge in [-0.3, -0.25) is 0 Å². The van der Waals surface area contributed by atoms with Crippen molar-refractivity contribution in [2.75, 3.05) is 13.2 Å². The Balaban J connectivity index is 2.26. The largest absolute Gasteiger partial charge is 0.444 e. The lowest BCUT2D eigenvalue weighted by Crippen LogP contribution is -2.39. The molecule has 1 fully saturated rings. The Morgan fingerprint density at radius 1 is 1.27 bits per heavy atom. The van der Waals surface area contributed by atoms with Crippen molar-refractivity contribution in [3.05, 3.63) is 0 Å². The number of alkyl carbamates (subject to hydrolysis) is 1. The fraction of sp³-hybridized carbons (Fsp3) is 0.941. The minimum absolute atomic E-state index is 0.204. The van der Waals surface area contributed by atoms with Gasteiger partial charge in [0.05, 0.1) is 0 Å². The van der Waals surface area contributed by atoms with E-state index in [1.54, 1.807) is 0 Å². The summed E-state index contributed by atoms with van der Waals surface area (Å²) in [5.41, 5.74) is -0.446. The number of amides is 1. The Bertz CT molecular complexity index is 322. The van der Waals surface area contributed by atoms with Gasteiger partial charge in [-0.05, 0) is 65.3 Å². The van der Waals surface area contributed by atoms with Gasteiger partial charge in [-0.15, -0.1) is 0 Å². The highest BCUT2D eigenvalue weighted by Crippen LogP contribution is 2.21. The lowest BCUT2D eigenvalue weighted by Gasteiger charge is -2.22. The van der Waals surface area contributed by atoms with E-state index in [-0.39, 0.29) is 18.7 Å². The Hall–Kier alpha value is -0.810. The number of rotatable bonds is 8. The van der Waals surface area contributed by atoms with Gasteiger partial charge in [0.2, 0.25) is 0 Å². The topological polar surface area (TPSA) is 70.6 Å². The lowest BCUT2D eigenvalue weighted by molar-refractivity contribution is 0.0505. The third-order valence-electron chi connectivity index (χ3n) is 4.08. The maximum absolute atomic E-state index is 11.8. The molecule has 3 N–H and O–H groups in total. The molecule has 0 aromatic rings. The van der Waals surface area contributed by atoms with Crippen LogP contribution in [0, 0.1) is 5.92 Å². The number of aliphatic hydroxyl groups excluding tert-OH is 1. The van der Waals surface area contributed by atoms with E-state index in [2.05, 4.69) is 17.6 Å². The summed E-state index contributed by atoms with van der Waals surface area (Å²) >= 11 is 0. The molecule has 1 rings (SSSR count). The van der Waals surface area contributed by atoms with E-state index in [4.69, 9.17) is 9.84 Å². The number of aliphatic hydroxyl groups is 1. The van der Waals surface area contributed by atoms with Crippen molar-refractivity contribution in [3.63, 3.8) is 0 Å². The van der Waals surface area contributed by atoms with Crippen LogP contribution in [0.3, 0.4) is 0 Å². The Morgan fingerprint density at radius 2 is 1.95 bits per heavy atom. The molecule has 1 amide bonds. The maximum atomic E-state index is 11.8. The smallest absolute Gasteiger partial charge is 0.407 e.